The van der Waals surface area contributed by atoms with E-state index in [1.54, 1.807) is 12.1 Å². The molecular weight excluding hydrogens is 1520 g/mol. The number of benzene rings is 7. The molecular formula is C104H148F5N9O3. The molecule has 0 spiro atoms. The second-order valence-electron chi connectivity index (χ2n) is 40.8. The Labute approximate surface area is 726 Å². The third kappa shape index (κ3) is 36.7. The first-order valence-electron chi connectivity index (χ1n) is 44.9. The van der Waals surface area contributed by atoms with Gasteiger partial charge in [-0.3, -0.25) is 0 Å². The Hall–Kier alpha value is -8.16. The van der Waals surface area contributed by atoms with Crippen LogP contribution in [-0.4, -0.2) is 93.7 Å². The number of hydrogen-bond acceptors (Lipinski definition) is 10. The number of hydrogen-bond donors (Lipinski definition) is 5. The van der Waals surface area contributed by atoms with Crippen LogP contribution in [0.5, 0.6) is 0 Å². The van der Waals surface area contributed by atoms with Crippen LogP contribution >= 0.6 is 0 Å². The number of carbonyl (C=O) groups excluding carboxylic acids is 1. The van der Waals surface area contributed by atoms with Gasteiger partial charge < -0.3 is 51.0 Å². The maximum Gasteiger partial charge on any atom is 0.222 e. The third-order valence-corrected chi connectivity index (χ3v) is 22.4. The van der Waals surface area contributed by atoms with Gasteiger partial charge in [-0.15, -0.1) is 0 Å². The number of aliphatic hydroxyl groups excluding tert-OH is 2. The molecule has 662 valence electrons. The van der Waals surface area contributed by atoms with Crippen molar-refractivity contribution in [2.75, 3.05) is 85.0 Å². The van der Waals surface area contributed by atoms with Gasteiger partial charge in [0.2, 0.25) is 11.4 Å². The number of nitrogens with two attached hydrogens (primary N) is 1. The van der Waals surface area contributed by atoms with E-state index in [0.29, 0.717) is 55.7 Å². The molecule has 4 atom stereocenters. The Bertz CT molecular complexity index is 4390. The van der Waals surface area contributed by atoms with E-state index in [2.05, 4.69) is 217 Å². The summed E-state index contributed by atoms with van der Waals surface area (Å²) in [4.78, 5) is 28.6. The normalized spacial score (nSPS) is 15.8. The van der Waals surface area contributed by atoms with E-state index in [1.807, 2.05) is 6.92 Å². The average Bonchev–Trinajstić information content (AvgIpc) is 0.849. The van der Waals surface area contributed by atoms with Crippen molar-refractivity contribution in [1.82, 2.24) is 10.6 Å². The second-order valence-corrected chi connectivity index (χ2v) is 40.8. The first-order valence-corrected chi connectivity index (χ1v) is 44.9. The predicted molar refractivity (Wildman–Crippen MR) is 496 cm³/mol. The molecule has 4 heterocycles. The molecule has 0 unspecified atom stereocenters. The lowest BCUT2D eigenvalue weighted by atomic mass is 9.87. The summed E-state index contributed by atoms with van der Waals surface area (Å²) in [5.41, 5.74) is 24.2. The van der Waals surface area contributed by atoms with Crippen LogP contribution in [0.2, 0.25) is 0 Å². The minimum atomic E-state index is -0.823. The molecule has 6 N–H and O–H groups in total. The number of aliphatic hydroxyl groups is 2. The largest absolute Gasteiger partial charge is 0.392 e. The predicted octanol–water partition coefficient (Wildman–Crippen LogP) is 24.2. The molecule has 4 saturated heterocycles. The first kappa shape index (κ1) is 99.9. The zero-order valence-corrected chi connectivity index (χ0v) is 76.7. The summed E-state index contributed by atoms with van der Waals surface area (Å²) < 4.78 is 67.3. The summed E-state index contributed by atoms with van der Waals surface area (Å²) in [5.74, 6) is -3.50. The number of carbonyl (C=O) groups is 1. The summed E-state index contributed by atoms with van der Waals surface area (Å²) >= 11 is 0. The topological polar surface area (TPSA) is 129 Å². The molecule has 12 nitrogen and oxygen atoms in total. The van der Waals surface area contributed by atoms with Gasteiger partial charge in [-0.25, -0.2) is 31.6 Å². The molecule has 121 heavy (non-hydrogen) atoms. The fourth-order valence-corrected chi connectivity index (χ4v) is 17.1. The number of ketones is 1. The molecule has 0 radical (unpaired) electrons. The Kier molecular flexibility index (Phi) is 39.3. The van der Waals surface area contributed by atoms with Crippen LogP contribution in [0.1, 0.15) is 257 Å². The Morgan fingerprint density at radius 3 is 1.03 bits per heavy atom. The maximum atomic E-state index is 13.7. The number of anilines is 4. The number of nitrogens with zero attached hydrogens (tertiary/aromatic N) is 6. The lowest BCUT2D eigenvalue weighted by Gasteiger charge is -2.31. The van der Waals surface area contributed by atoms with Crippen LogP contribution in [-0.2, 0) is 69.4 Å². The van der Waals surface area contributed by atoms with Gasteiger partial charge in [-0.1, -0.05) is 183 Å². The van der Waals surface area contributed by atoms with Crippen molar-refractivity contribution in [3.63, 3.8) is 0 Å². The summed E-state index contributed by atoms with van der Waals surface area (Å²) in [6.45, 7) is 62.5. The van der Waals surface area contributed by atoms with Gasteiger partial charge in [0.25, 0.3) is 0 Å². The minimum absolute atomic E-state index is 0.0572. The SMILES string of the molecule is CC(=O)C[C@@H](Cc1cc(F)cc(F)c1)[C@H](O)CNCc1cc(CC(C)(C)C)ccc1N1CCCCC1.CC(C)(C)Cc1ccc(N2CCCCC2)c(CN)c1.C[C@@H](Cc1cc(F)cc(F)c1)[C@H](O)CNCc1cc(CC(C)(C)C)ccc1N1CCCCC1.[C-]#[N+]c1cc(CC(C)(C)C)ccc1F.[C-]#[N+]c1cc(CC(C)(C)C)ccc1N1CCCCC1. The summed E-state index contributed by atoms with van der Waals surface area (Å²) in [6, 6.07) is 38.6. The molecule has 0 aromatic heterocycles. The van der Waals surface area contributed by atoms with Crippen LogP contribution < -0.4 is 36.0 Å². The molecule has 7 aromatic carbocycles. The highest BCUT2D eigenvalue weighted by atomic mass is 19.1. The standard InChI is InChI=1S/C30H42F2N2O2.C28H40F2N2O.C17H24N2.C17H28N2.C12H14FN/c1-21(35)12-24(14-23-15-26(31)17-27(32)16-23)29(36)20-33-19-25-13-22(18-30(2,3)4)8-9-28(25)34-10-6-5-7-11-34;1-20(12-22-14-24(29)16-25(30)15-22)27(33)19-31-18-23-13-21(17-28(2,3)4)8-9-26(23)32-10-6-5-7-11-32;1-17(2,3)13-14-8-9-16(15(12-14)18-4)19-10-6-5-7-11-19;1-17(2,3)12-14-7-8-16(15(11-14)13-18)19-9-5-4-6-10-19;1-12(2,3)8-9-5-6-10(13)11(7-9)14-4/h8-9,13,15-17,24,29,33,36H,5-7,10-12,14,18-20H2,1-4H3;8-9,13-16,20,27,31,33H,5-7,10-12,17-19H2,1-4H3;8-9,12H,5-7,10-11,13H2,1-3H3;7-8,11H,4-6,9-10,12-13,18H2,1-3H3;5-7H,8H2,1-3H3/t24-,29+;20-,27+;;;/m00.../s1. The smallest absolute Gasteiger partial charge is 0.222 e. The summed E-state index contributed by atoms with van der Waals surface area (Å²) in [5, 5.41) is 28.4. The van der Waals surface area contributed by atoms with Gasteiger partial charge in [0.1, 0.15) is 34.9 Å². The van der Waals surface area contributed by atoms with E-state index in [1.165, 1.54) is 183 Å². The Morgan fingerprint density at radius 1 is 0.397 bits per heavy atom. The first-order chi connectivity index (χ1) is 57.0. The molecule has 0 saturated carbocycles. The fourth-order valence-electron chi connectivity index (χ4n) is 17.1. The van der Waals surface area contributed by atoms with E-state index in [-0.39, 0.29) is 51.9 Å². The van der Waals surface area contributed by atoms with Gasteiger partial charge >= 0.3 is 0 Å². The zero-order valence-electron chi connectivity index (χ0n) is 76.7. The third-order valence-electron chi connectivity index (χ3n) is 22.4. The van der Waals surface area contributed by atoms with E-state index in [4.69, 9.17) is 18.9 Å². The Morgan fingerprint density at radius 2 is 0.694 bits per heavy atom. The van der Waals surface area contributed by atoms with Gasteiger partial charge in [0.15, 0.2) is 0 Å². The zero-order chi connectivity index (χ0) is 88.8. The summed E-state index contributed by atoms with van der Waals surface area (Å²) in [7, 11) is 0. The quantitative estimate of drug-likeness (QED) is 0.0264. The maximum absolute atomic E-state index is 13.7. The lowest BCUT2D eigenvalue weighted by molar-refractivity contribution is -0.118. The van der Waals surface area contributed by atoms with Crippen LogP contribution in [0.25, 0.3) is 9.69 Å². The van der Waals surface area contributed by atoms with Crippen molar-refractivity contribution in [3.05, 3.63) is 235 Å². The molecule has 4 aliphatic rings. The van der Waals surface area contributed by atoms with Crippen molar-refractivity contribution in [2.45, 2.75) is 278 Å². The van der Waals surface area contributed by atoms with E-state index < -0.39 is 47.2 Å². The molecule has 17 heteroatoms. The van der Waals surface area contributed by atoms with Crippen LogP contribution in [0, 0.1) is 81.1 Å². The van der Waals surface area contributed by atoms with Crippen molar-refractivity contribution in [3.8, 4) is 0 Å². The molecule has 4 fully saturated rings. The van der Waals surface area contributed by atoms with Crippen molar-refractivity contribution >= 4 is 39.9 Å². The molecule has 7 aromatic rings. The summed E-state index contributed by atoms with van der Waals surface area (Å²) in [6.07, 6.45) is 19.6. The molecule has 0 amide bonds. The van der Waals surface area contributed by atoms with Crippen molar-refractivity contribution < 1.29 is 37.0 Å². The number of piperidine rings is 4. The molecule has 4 aliphatic heterocycles. The number of rotatable bonds is 26. The van der Waals surface area contributed by atoms with Gasteiger partial charge in [-0.05, 0) is 267 Å². The molecule has 11 rings (SSSR count). The minimum Gasteiger partial charge on any atom is -0.392 e. The second kappa shape index (κ2) is 47.6. The highest BCUT2D eigenvalue weighted by Gasteiger charge is 2.27. The van der Waals surface area contributed by atoms with Crippen LogP contribution in [0.4, 0.5) is 56.1 Å². The monoisotopic (exact) mass is 1670 g/mol. The number of nitrogens with one attached hydrogen (secondary N) is 2. The van der Waals surface area contributed by atoms with Gasteiger partial charge in [0.05, 0.1) is 25.4 Å². The van der Waals surface area contributed by atoms with Crippen LogP contribution in [0.3, 0.4) is 0 Å². The van der Waals surface area contributed by atoms with Crippen LogP contribution in [0.15, 0.2) is 127 Å². The Balaban J connectivity index is 0.000000217. The molecule has 0 bridgehead atoms. The van der Waals surface area contributed by atoms with Crippen molar-refractivity contribution in [1.29, 1.82) is 0 Å². The molecule has 0 aliphatic carbocycles. The average molecular weight is 1670 g/mol. The number of halogens is 5. The highest BCUT2D eigenvalue weighted by molar-refractivity contribution is 5.76. The van der Waals surface area contributed by atoms with Crippen molar-refractivity contribution in [2.24, 2.45) is 44.6 Å². The number of Topliss-reactive ketones (excluding diaryl/α,β-unsaturated/α-hetero) is 1. The lowest BCUT2D eigenvalue weighted by Crippen LogP contribution is -2.35. The fraction of sp³-hybridized carbons (Fsp3) is 0.567. The van der Waals surface area contributed by atoms with E-state index in [9.17, 15) is 37.0 Å². The van der Waals surface area contributed by atoms with Gasteiger partial charge in [-0.2, -0.15) is 0 Å². The van der Waals surface area contributed by atoms with E-state index in [0.717, 1.165) is 100 Å². The van der Waals surface area contributed by atoms with Gasteiger partial charge in [0, 0.05) is 126 Å². The van der Waals surface area contributed by atoms with E-state index >= 15 is 0 Å². The highest BCUT2D eigenvalue weighted by Crippen LogP contribution is 2.37.